The fourth-order valence-electron chi connectivity index (χ4n) is 2.95. The third-order valence-electron chi connectivity index (χ3n) is 4.14. The monoisotopic (exact) mass is 347 g/mol. The molecule has 2 amide bonds. The van der Waals surface area contributed by atoms with Gasteiger partial charge < -0.3 is 14.8 Å². The van der Waals surface area contributed by atoms with Crippen molar-refractivity contribution in [2.24, 2.45) is 0 Å². The van der Waals surface area contributed by atoms with Crippen LogP contribution < -0.4 is 5.32 Å². The van der Waals surface area contributed by atoms with Crippen LogP contribution in [-0.2, 0) is 29.1 Å². The number of thiophene rings is 1. The number of hydrogen-bond acceptors (Lipinski definition) is 5. The number of hydrogen-bond donors (Lipinski definition) is 1. The van der Waals surface area contributed by atoms with E-state index in [0.717, 1.165) is 29.5 Å². The van der Waals surface area contributed by atoms with Crippen LogP contribution in [-0.4, -0.2) is 38.0 Å². The highest BCUT2D eigenvalue weighted by Gasteiger charge is 2.27. The zero-order valence-corrected chi connectivity index (χ0v) is 14.7. The second kappa shape index (κ2) is 7.12. The highest BCUT2D eigenvalue weighted by atomic mass is 32.1. The van der Waals surface area contributed by atoms with Crippen molar-refractivity contribution in [2.45, 2.75) is 45.8 Å². The quantitative estimate of drug-likeness (QED) is 0.889. The van der Waals surface area contributed by atoms with Crippen LogP contribution in [0, 0.1) is 0 Å². The molecule has 1 N–H and O–H groups in total. The largest absolute Gasteiger partial charge is 0.348 e. The van der Waals surface area contributed by atoms with Crippen molar-refractivity contribution in [1.82, 2.24) is 25.0 Å². The van der Waals surface area contributed by atoms with Crippen LogP contribution in [0.1, 0.15) is 42.8 Å². The molecule has 1 aliphatic heterocycles. The van der Waals surface area contributed by atoms with Crippen molar-refractivity contribution in [2.75, 3.05) is 6.54 Å². The molecule has 3 heterocycles. The zero-order chi connectivity index (χ0) is 17.1. The fraction of sp³-hybridized carbons (Fsp3) is 0.500. The van der Waals surface area contributed by atoms with E-state index in [0.29, 0.717) is 13.1 Å². The molecule has 0 radical (unpaired) electrons. The first-order valence-corrected chi connectivity index (χ1v) is 8.95. The Morgan fingerprint density at radius 3 is 2.88 bits per heavy atom. The summed E-state index contributed by atoms with van der Waals surface area (Å²) in [6.45, 7) is 5.37. The minimum Gasteiger partial charge on any atom is -0.348 e. The van der Waals surface area contributed by atoms with E-state index in [1.54, 1.807) is 16.2 Å². The van der Waals surface area contributed by atoms with Crippen LogP contribution in [0.5, 0.6) is 0 Å². The Morgan fingerprint density at radius 1 is 1.38 bits per heavy atom. The van der Waals surface area contributed by atoms with Crippen LogP contribution >= 0.6 is 11.3 Å². The SMILES string of the molecule is CCc1nnc2n1CCN(C(=O)C[C@@H](NC(C)=O)c1cccs1)C2. The van der Waals surface area contributed by atoms with Gasteiger partial charge in [0.15, 0.2) is 5.82 Å². The van der Waals surface area contributed by atoms with Gasteiger partial charge in [0.2, 0.25) is 11.8 Å². The van der Waals surface area contributed by atoms with Gasteiger partial charge in [-0.25, -0.2) is 0 Å². The van der Waals surface area contributed by atoms with Crippen molar-refractivity contribution >= 4 is 23.2 Å². The average Bonchev–Trinajstić information content (AvgIpc) is 3.22. The van der Waals surface area contributed by atoms with E-state index < -0.39 is 0 Å². The van der Waals surface area contributed by atoms with Crippen molar-refractivity contribution in [3.8, 4) is 0 Å². The molecule has 0 unspecified atom stereocenters. The Kier molecular flexibility index (Phi) is 4.94. The summed E-state index contributed by atoms with van der Waals surface area (Å²) in [5.41, 5.74) is 0. The predicted octanol–water partition coefficient (Wildman–Crippen LogP) is 1.51. The maximum Gasteiger partial charge on any atom is 0.225 e. The molecule has 0 saturated heterocycles. The molecule has 0 aromatic carbocycles. The van der Waals surface area contributed by atoms with Crippen molar-refractivity contribution in [3.05, 3.63) is 34.0 Å². The van der Waals surface area contributed by atoms with Gasteiger partial charge in [-0.3, -0.25) is 9.59 Å². The molecule has 0 fully saturated rings. The summed E-state index contributed by atoms with van der Waals surface area (Å²) in [6, 6.07) is 3.59. The first-order valence-electron chi connectivity index (χ1n) is 8.07. The molecule has 1 atom stereocenters. The van der Waals surface area contributed by atoms with Gasteiger partial charge in [-0.15, -0.1) is 21.5 Å². The lowest BCUT2D eigenvalue weighted by atomic mass is 10.1. The molecule has 7 nitrogen and oxygen atoms in total. The van der Waals surface area contributed by atoms with E-state index in [4.69, 9.17) is 0 Å². The smallest absolute Gasteiger partial charge is 0.225 e. The maximum atomic E-state index is 12.7. The molecular weight excluding hydrogens is 326 g/mol. The van der Waals surface area contributed by atoms with Crippen LogP contribution in [0.3, 0.4) is 0 Å². The predicted molar refractivity (Wildman–Crippen MR) is 90.3 cm³/mol. The third-order valence-corrected chi connectivity index (χ3v) is 5.13. The number of aromatic nitrogens is 3. The summed E-state index contributed by atoms with van der Waals surface area (Å²) in [6.07, 6.45) is 1.10. The van der Waals surface area contributed by atoms with Gasteiger partial charge in [-0.1, -0.05) is 13.0 Å². The van der Waals surface area contributed by atoms with E-state index in [-0.39, 0.29) is 24.3 Å². The summed E-state index contributed by atoms with van der Waals surface area (Å²) in [5, 5.41) is 13.2. The van der Waals surface area contributed by atoms with Gasteiger partial charge in [0.25, 0.3) is 0 Å². The number of aryl methyl sites for hydroxylation is 1. The molecule has 2 aromatic heterocycles. The summed E-state index contributed by atoms with van der Waals surface area (Å²) in [7, 11) is 0. The summed E-state index contributed by atoms with van der Waals surface area (Å²) in [5.74, 6) is 1.69. The molecule has 8 heteroatoms. The normalized spacial score (nSPS) is 15.0. The molecule has 0 bridgehead atoms. The molecule has 0 saturated carbocycles. The summed E-state index contributed by atoms with van der Waals surface area (Å²) < 4.78 is 2.09. The van der Waals surface area contributed by atoms with Crippen LogP contribution in [0.4, 0.5) is 0 Å². The molecule has 2 aromatic rings. The molecule has 128 valence electrons. The Bertz CT molecular complexity index is 725. The molecule has 0 spiro atoms. The summed E-state index contributed by atoms with van der Waals surface area (Å²) >= 11 is 1.54. The van der Waals surface area contributed by atoms with Crippen molar-refractivity contribution in [3.63, 3.8) is 0 Å². The zero-order valence-electron chi connectivity index (χ0n) is 13.9. The standard InChI is InChI=1S/C16H21N5O2S/c1-3-14-18-19-15-10-20(6-7-21(14)15)16(23)9-12(17-11(2)22)13-5-4-8-24-13/h4-5,8,12H,3,6-7,9-10H2,1-2H3,(H,17,22)/t12-/m1/s1. The molecule has 1 aliphatic rings. The van der Waals surface area contributed by atoms with Gasteiger partial charge in [0, 0.05) is 31.3 Å². The number of carbonyl (C=O) groups excluding carboxylic acids is 2. The highest BCUT2D eigenvalue weighted by molar-refractivity contribution is 7.10. The number of carbonyl (C=O) groups is 2. The fourth-order valence-corrected chi connectivity index (χ4v) is 3.73. The number of amides is 2. The van der Waals surface area contributed by atoms with Gasteiger partial charge in [-0.2, -0.15) is 0 Å². The number of nitrogens with zero attached hydrogens (tertiary/aromatic N) is 4. The van der Waals surface area contributed by atoms with Gasteiger partial charge >= 0.3 is 0 Å². The Labute approximate surface area is 144 Å². The van der Waals surface area contributed by atoms with Gasteiger partial charge in [0.1, 0.15) is 5.82 Å². The molecule has 24 heavy (non-hydrogen) atoms. The minimum absolute atomic E-state index is 0.0226. The van der Waals surface area contributed by atoms with E-state index in [1.807, 2.05) is 24.4 Å². The second-order valence-electron chi connectivity index (χ2n) is 5.83. The molecule has 3 rings (SSSR count). The minimum atomic E-state index is -0.277. The topological polar surface area (TPSA) is 80.1 Å². The second-order valence-corrected chi connectivity index (χ2v) is 6.80. The van der Waals surface area contributed by atoms with Crippen molar-refractivity contribution < 1.29 is 9.59 Å². The lowest BCUT2D eigenvalue weighted by Gasteiger charge is -2.29. The summed E-state index contributed by atoms with van der Waals surface area (Å²) in [4.78, 5) is 26.9. The first-order chi connectivity index (χ1) is 11.6. The average molecular weight is 347 g/mol. The van der Waals surface area contributed by atoms with Crippen molar-refractivity contribution in [1.29, 1.82) is 0 Å². The van der Waals surface area contributed by atoms with E-state index >= 15 is 0 Å². The number of nitrogens with one attached hydrogen (secondary N) is 1. The van der Waals surface area contributed by atoms with Crippen LogP contribution in [0.25, 0.3) is 0 Å². The van der Waals surface area contributed by atoms with E-state index in [1.165, 1.54) is 6.92 Å². The highest BCUT2D eigenvalue weighted by Crippen LogP contribution is 2.24. The Morgan fingerprint density at radius 2 is 2.21 bits per heavy atom. The molecule has 0 aliphatic carbocycles. The van der Waals surface area contributed by atoms with E-state index in [2.05, 4.69) is 20.1 Å². The number of fused-ring (bicyclic) bond motifs is 1. The van der Waals surface area contributed by atoms with Gasteiger partial charge in [0.05, 0.1) is 19.0 Å². The van der Waals surface area contributed by atoms with E-state index in [9.17, 15) is 9.59 Å². The van der Waals surface area contributed by atoms with Gasteiger partial charge in [-0.05, 0) is 11.4 Å². The molecular formula is C16H21N5O2S. The van der Waals surface area contributed by atoms with Crippen LogP contribution in [0.15, 0.2) is 17.5 Å². The Balaban J connectivity index is 1.68. The Hall–Kier alpha value is -2.22. The number of rotatable bonds is 5. The first kappa shape index (κ1) is 16.6. The van der Waals surface area contributed by atoms with Crippen LogP contribution in [0.2, 0.25) is 0 Å². The maximum absolute atomic E-state index is 12.7. The third kappa shape index (κ3) is 3.48. The lowest BCUT2D eigenvalue weighted by Crippen LogP contribution is -2.40. The lowest BCUT2D eigenvalue weighted by molar-refractivity contribution is -0.133.